The highest BCUT2D eigenvalue weighted by molar-refractivity contribution is 5.67. The van der Waals surface area contributed by atoms with Gasteiger partial charge in [-0.3, -0.25) is 0 Å². The van der Waals surface area contributed by atoms with Crippen LogP contribution in [0.15, 0.2) is 35.6 Å². The largest absolute Gasteiger partial charge is 0.448 e. The molecule has 16 heavy (non-hydrogen) atoms. The molecule has 0 aliphatic heterocycles. The Morgan fingerprint density at radius 2 is 2.06 bits per heavy atom. The molecule has 0 heterocycles. The Morgan fingerprint density at radius 3 is 2.56 bits per heavy atom. The lowest BCUT2D eigenvalue weighted by atomic mass is 10.1. The summed E-state index contributed by atoms with van der Waals surface area (Å²) < 4.78 is 4.73. The monoisotopic (exact) mass is 222 g/mol. The highest BCUT2D eigenvalue weighted by Gasteiger charge is 2.23. The average molecular weight is 222 g/mol. The molecule has 0 aliphatic carbocycles. The smallest absolute Gasteiger partial charge is 0.433 e. The molecule has 1 atom stereocenters. The van der Waals surface area contributed by atoms with Crippen molar-refractivity contribution in [3.63, 3.8) is 0 Å². The second-order valence-electron chi connectivity index (χ2n) is 3.21. The Kier molecular flexibility index (Phi) is 4.44. The van der Waals surface area contributed by atoms with Gasteiger partial charge in [-0.25, -0.2) is 4.79 Å². The van der Waals surface area contributed by atoms with Gasteiger partial charge in [0.05, 0.1) is 17.9 Å². The standard InChI is InChI=1S/C11H14N2O3/c1-3-16-11(14)13(12-15)9(2)10-7-5-4-6-8-10/h4-9H,3H2,1-2H3. The van der Waals surface area contributed by atoms with E-state index in [2.05, 4.69) is 5.29 Å². The molecule has 1 unspecified atom stereocenters. The van der Waals surface area contributed by atoms with Crippen molar-refractivity contribution in [2.45, 2.75) is 19.9 Å². The van der Waals surface area contributed by atoms with E-state index in [1.165, 1.54) is 0 Å². The maximum atomic E-state index is 11.4. The van der Waals surface area contributed by atoms with Gasteiger partial charge in [0, 0.05) is 0 Å². The van der Waals surface area contributed by atoms with E-state index < -0.39 is 12.1 Å². The topological polar surface area (TPSA) is 59.0 Å². The van der Waals surface area contributed by atoms with Crippen LogP contribution in [0, 0.1) is 4.91 Å². The molecule has 1 rings (SSSR count). The van der Waals surface area contributed by atoms with E-state index in [-0.39, 0.29) is 6.61 Å². The van der Waals surface area contributed by atoms with Gasteiger partial charge < -0.3 is 4.74 Å². The zero-order valence-electron chi connectivity index (χ0n) is 9.29. The lowest BCUT2D eigenvalue weighted by Gasteiger charge is -2.20. The van der Waals surface area contributed by atoms with Gasteiger partial charge in [-0.2, -0.15) is 5.01 Å². The molecule has 1 aromatic carbocycles. The van der Waals surface area contributed by atoms with E-state index in [9.17, 15) is 9.70 Å². The fourth-order valence-electron chi connectivity index (χ4n) is 1.32. The van der Waals surface area contributed by atoms with Crippen molar-refractivity contribution < 1.29 is 9.53 Å². The van der Waals surface area contributed by atoms with Crippen LogP contribution in [0.4, 0.5) is 4.79 Å². The average Bonchev–Trinajstić information content (AvgIpc) is 2.31. The number of hydrogen-bond acceptors (Lipinski definition) is 4. The molecule has 5 nitrogen and oxygen atoms in total. The quantitative estimate of drug-likeness (QED) is 0.581. The SMILES string of the molecule is CCOC(=O)N(N=O)C(C)c1ccccc1. The molecule has 0 aliphatic rings. The molecule has 0 fully saturated rings. The minimum atomic E-state index is -0.728. The summed E-state index contributed by atoms with van der Waals surface area (Å²) in [6.45, 7) is 3.61. The molecule has 1 amide bonds. The van der Waals surface area contributed by atoms with Crippen molar-refractivity contribution in [2.75, 3.05) is 6.61 Å². The number of rotatable bonds is 4. The van der Waals surface area contributed by atoms with Crippen LogP contribution in [-0.2, 0) is 4.74 Å². The summed E-state index contributed by atoms with van der Waals surface area (Å²) in [5, 5.41) is 3.48. The number of amides is 1. The lowest BCUT2D eigenvalue weighted by Crippen LogP contribution is -2.28. The molecule has 5 heteroatoms. The molecule has 1 aromatic rings. The molecule has 0 spiro atoms. The third-order valence-corrected chi connectivity index (χ3v) is 2.19. The van der Waals surface area contributed by atoms with Crippen molar-refractivity contribution in [2.24, 2.45) is 5.29 Å². The minimum absolute atomic E-state index is 0.215. The summed E-state index contributed by atoms with van der Waals surface area (Å²) in [5.41, 5.74) is 0.829. The van der Waals surface area contributed by atoms with Gasteiger partial charge >= 0.3 is 6.09 Å². The molecule has 0 saturated carbocycles. The Balaban J connectivity index is 2.81. The predicted molar refractivity (Wildman–Crippen MR) is 59.5 cm³/mol. The number of benzene rings is 1. The lowest BCUT2D eigenvalue weighted by molar-refractivity contribution is 0.0936. The molecule has 86 valence electrons. The van der Waals surface area contributed by atoms with Gasteiger partial charge in [0.2, 0.25) is 0 Å². The van der Waals surface area contributed by atoms with E-state index in [1.807, 2.05) is 30.3 Å². The van der Waals surface area contributed by atoms with Crippen LogP contribution >= 0.6 is 0 Å². The first-order chi connectivity index (χ1) is 7.70. The number of carbonyl (C=O) groups excluding carboxylic acids is 1. The van der Waals surface area contributed by atoms with E-state index in [0.717, 1.165) is 10.6 Å². The van der Waals surface area contributed by atoms with Gasteiger partial charge in [-0.1, -0.05) is 30.3 Å². The molecular formula is C11H14N2O3. The van der Waals surface area contributed by atoms with Crippen molar-refractivity contribution in [3.8, 4) is 0 Å². The van der Waals surface area contributed by atoms with Crippen molar-refractivity contribution in [1.82, 2.24) is 5.01 Å². The molecule has 0 saturated heterocycles. The summed E-state index contributed by atoms with van der Waals surface area (Å²) in [7, 11) is 0. The normalized spacial score (nSPS) is 11.6. The highest BCUT2D eigenvalue weighted by Crippen LogP contribution is 2.20. The first kappa shape index (κ1) is 12.2. The van der Waals surface area contributed by atoms with Gasteiger partial charge in [0.15, 0.2) is 0 Å². The van der Waals surface area contributed by atoms with Crippen molar-refractivity contribution in [1.29, 1.82) is 0 Å². The number of nitroso groups, excluding NO2 is 1. The van der Waals surface area contributed by atoms with Crippen LogP contribution in [0.3, 0.4) is 0 Å². The van der Waals surface area contributed by atoms with E-state index >= 15 is 0 Å². The van der Waals surface area contributed by atoms with Crippen LogP contribution in [0.5, 0.6) is 0 Å². The predicted octanol–water partition coefficient (Wildman–Crippen LogP) is 2.89. The number of hydrogen-bond donors (Lipinski definition) is 0. The summed E-state index contributed by atoms with van der Waals surface area (Å²) in [5.74, 6) is 0. The maximum Gasteiger partial charge on any atom is 0.433 e. The zero-order valence-corrected chi connectivity index (χ0v) is 9.29. The number of nitrogens with zero attached hydrogens (tertiary/aromatic N) is 2. The zero-order chi connectivity index (χ0) is 12.0. The highest BCUT2D eigenvalue weighted by atomic mass is 16.6. The van der Waals surface area contributed by atoms with Crippen molar-refractivity contribution in [3.05, 3.63) is 40.8 Å². The van der Waals surface area contributed by atoms with Gasteiger partial charge in [-0.15, -0.1) is 4.91 Å². The molecule has 0 N–H and O–H groups in total. The van der Waals surface area contributed by atoms with Crippen LogP contribution < -0.4 is 0 Å². The van der Waals surface area contributed by atoms with Crippen LogP contribution in [0.1, 0.15) is 25.5 Å². The van der Waals surface area contributed by atoms with Crippen LogP contribution in [0.2, 0.25) is 0 Å². The second-order valence-corrected chi connectivity index (χ2v) is 3.21. The van der Waals surface area contributed by atoms with Gasteiger partial charge in [0.25, 0.3) is 0 Å². The molecule has 0 bridgehead atoms. The third-order valence-electron chi connectivity index (χ3n) is 2.19. The Labute approximate surface area is 94.0 Å². The fraction of sp³-hybridized carbons (Fsp3) is 0.364. The fourth-order valence-corrected chi connectivity index (χ4v) is 1.32. The molecule has 0 aromatic heterocycles. The number of ether oxygens (including phenoxy) is 1. The molecular weight excluding hydrogens is 208 g/mol. The Morgan fingerprint density at radius 1 is 1.44 bits per heavy atom. The Hall–Kier alpha value is -1.91. The number of carbonyl (C=O) groups is 1. The Bertz CT molecular complexity index is 354. The summed E-state index contributed by atoms with van der Waals surface area (Å²) in [4.78, 5) is 22.0. The summed E-state index contributed by atoms with van der Waals surface area (Å²) in [6, 6.07) is 8.74. The minimum Gasteiger partial charge on any atom is -0.448 e. The van der Waals surface area contributed by atoms with Gasteiger partial charge in [0.1, 0.15) is 0 Å². The van der Waals surface area contributed by atoms with Crippen molar-refractivity contribution >= 4 is 6.09 Å². The van der Waals surface area contributed by atoms with E-state index in [4.69, 9.17) is 4.74 Å². The van der Waals surface area contributed by atoms with Crippen LogP contribution in [0.25, 0.3) is 0 Å². The van der Waals surface area contributed by atoms with E-state index in [1.54, 1.807) is 13.8 Å². The summed E-state index contributed by atoms with van der Waals surface area (Å²) >= 11 is 0. The summed E-state index contributed by atoms with van der Waals surface area (Å²) in [6.07, 6.45) is -0.728. The third kappa shape index (κ3) is 2.79. The van der Waals surface area contributed by atoms with E-state index in [0.29, 0.717) is 0 Å². The maximum absolute atomic E-state index is 11.4. The first-order valence-corrected chi connectivity index (χ1v) is 5.05. The molecule has 0 radical (unpaired) electrons. The van der Waals surface area contributed by atoms with Gasteiger partial charge in [-0.05, 0) is 19.4 Å². The van der Waals surface area contributed by atoms with Crippen LogP contribution in [-0.4, -0.2) is 17.7 Å². The first-order valence-electron chi connectivity index (χ1n) is 5.05. The second kappa shape index (κ2) is 5.85.